The SMILES string of the molecule is CCc1ccc(-c2cc(NC(=O)c3ccc(S(=O)(=O)N4CCOCC4)cc3)on2)cc1. The van der Waals surface area contributed by atoms with Gasteiger partial charge < -0.3 is 9.26 Å². The summed E-state index contributed by atoms with van der Waals surface area (Å²) < 4.78 is 37.2. The number of aryl methyl sites for hydroxylation is 1. The van der Waals surface area contributed by atoms with Gasteiger partial charge in [-0.1, -0.05) is 36.3 Å². The van der Waals surface area contributed by atoms with Crippen molar-refractivity contribution in [2.75, 3.05) is 31.6 Å². The number of rotatable bonds is 6. The number of benzene rings is 2. The average Bonchev–Trinajstić information content (AvgIpc) is 3.28. The first-order chi connectivity index (χ1) is 15.0. The van der Waals surface area contributed by atoms with Crippen molar-refractivity contribution in [3.63, 3.8) is 0 Å². The summed E-state index contributed by atoms with van der Waals surface area (Å²) in [5.41, 5.74) is 3.04. The normalized spacial score (nSPS) is 15.0. The van der Waals surface area contributed by atoms with Gasteiger partial charge in [-0.25, -0.2) is 8.42 Å². The molecule has 1 fully saturated rings. The molecule has 0 atom stereocenters. The highest BCUT2D eigenvalue weighted by atomic mass is 32.2. The van der Waals surface area contributed by atoms with Gasteiger partial charge in [0.15, 0.2) is 0 Å². The summed E-state index contributed by atoms with van der Waals surface area (Å²) in [5.74, 6) is -0.205. The molecule has 0 radical (unpaired) electrons. The van der Waals surface area contributed by atoms with E-state index >= 15 is 0 Å². The molecule has 31 heavy (non-hydrogen) atoms. The van der Waals surface area contributed by atoms with Crippen LogP contribution in [0.1, 0.15) is 22.8 Å². The molecular weight excluding hydrogens is 418 g/mol. The number of morpholine rings is 1. The molecule has 3 aromatic rings. The first kappa shape index (κ1) is 21.2. The number of hydrogen-bond donors (Lipinski definition) is 1. The van der Waals surface area contributed by atoms with E-state index < -0.39 is 15.9 Å². The van der Waals surface area contributed by atoms with Gasteiger partial charge in [0.1, 0.15) is 5.69 Å². The van der Waals surface area contributed by atoms with Crippen molar-refractivity contribution in [3.05, 3.63) is 65.7 Å². The van der Waals surface area contributed by atoms with Crippen LogP contribution in [0.25, 0.3) is 11.3 Å². The van der Waals surface area contributed by atoms with Crippen molar-refractivity contribution >= 4 is 21.8 Å². The number of nitrogens with one attached hydrogen (secondary N) is 1. The summed E-state index contributed by atoms with van der Waals surface area (Å²) in [7, 11) is -3.60. The summed E-state index contributed by atoms with van der Waals surface area (Å²) in [6.45, 7) is 3.48. The number of aromatic nitrogens is 1. The van der Waals surface area contributed by atoms with E-state index in [9.17, 15) is 13.2 Å². The Kier molecular flexibility index (Phi) is 6.17. The third-order valence-electron chi connectivity index (χ3n) is 5.13. The highest BCUT2D eigenvalue weighted by Crippen LogP contribution is 2.23. The van der Waals surface area contributed by atoms with Crippen LogP contribution in [0, 0.1) is 0 Å². The molecule has 0 unspecified atom stereocenters. The molecule has 162 valence electrons. The Morgan fingerprint density at radius 1 is 1.06 bits per heavy atom. The van der Waals surface area contributed by atoms with Crippen molar-refractivity contribution in [1.82, 2.24) is 9.46 Å². The lowest BCUT2D eigenvalue weighted by Crippen LogP contribution is -2.40. The molecule has 2 heterocycles. The molecule has 1 saturated heterocycles. The highest BCUT2D eigenvalue weighted by Gasteiger charge is 2.26. The maximum absolute atomic E-state index is 12.7. The van der Waals surface area contributed by atoms with Crippen LogP contribution in [-0.2, 0) is 21.2 Å². The Morgan fingerprint density at radius 2 is 1.74 bits per heavy atom. The fourth-order valence-corrected chi connectivity index (χ4v) is 4.69. The quantitative estimate of drug-likeness (QED) is 0.630. The van der Waals surface area contributed by atoms with Crippen molar-refractivity contribution in [3.8, 4) is 11.3 Å². The van der Waals surface area contributed by atoms with Gasteiger partial charge >= 0.3 is 0 Å². The Labute approximate surface area is 180 Å². The smallest absolute Gasteiger partial charge is 0.258 e. The van der Waals surface area contributed by atoms with Crippen molar-refractivity contribution in [2.24, 2.45) is 0 Å². The van der Waals surface area contributed by atoms with Crippen LogP contribution in [-0.4, -0.2) is 50.1 Å². The number of nitrogens with zero attached hydrogens (tertiary/aromatic N) is 2. The lowest BCUT2D eigenvalue weighted by atomic mass is 10.1. The summed E-state index contributed by atoms with van der Waals surface area (Å²) in [6.07, 6.45) is 0.951. The van der Waals surface area contributed by atoms with Gasteiger partial charge in [-0.05, 0) is 36.2 Å². The van der Waals surface area contributed by atoms with Crippen LogP contribution in [0.15, 0.2) is 64.0 Å². The standard InChI is InChI=1S/C22H23N3O5S/c1-2-16-3-5-17(6-4-16)20-15-21(30-24-20)23-22(26)18-7-9-19(10-8-18)31(27,28)25-11-13-29-14-12-25/h3-10,15H,2,11-14H2,1H3,(H,23,26). The Balaban J connectivity index is 1.43. The zero-order valence-electron chi connectivity index (χ0n) is 17.1. The van der Waals surface area contributed by atoms with Crippen molar-refractivity contribution in [2.45, 2.75) is 18.2 Å². The first-order valence-electron chi connectivity index (χ1n) is 10.0. The minimum atomic E-state index is -3.60. The van der Waals surface area contributed by atoms with Crippen molar-refractivity contribution < 1.29 is 22.5 Å². The number of ether oxygens (including phenoxy) is 1. The van der Waals surface area contributed by atoms with E-state index in [-0.39, 0.29) is 10.8 Å². The van der Waals surface area contributed by atoms with Crippen LogP contribution >= 0.6 is 0 Å². The van der Waals surface area contributed by atoms with E-state index in [0.717, 1.165) is 12.0 Å². The summed E-state index contributed by atoms with van der Waals surface area (Å²) >= 11 is 0. The van der Waals surface area contributed by atoms with Crippen LogP contribution < -0.4 is 5.32 Å². The number of carbonyl (C=O) groups is 1. The second-order valence-corrected chi connectivity index (χ2v) is 9.06. The molecule has 0 bridgehead atoms. The lowest BCUT2D eigenvalue weighted by molar-refractivity contribution is 0.0730. The lowest BCUT2D eigenvalue weighted by Gasteiger charge is -2.26. The maximum atomic E-state index is 12.7. The maximum Gasteiger partial charge on any atom is 0.258 e. The van der Waals surface area contributed by atoms with E-state index in [1.54, 1.807) is 6.07 Å². The minimum absolute atomic E-state index is 0.142. The van der Waals surface area contributed by atoms with Gasteiger partial charge in [-0.3, -0.25) is 10.1 Å². The molecule has 0 aliphatic carbocycles. The predicted octanol–water partition coefficient (Wildman–Crippen LogP) is 3.18. The summed E-state index contributed by atoms with van der Waals surface area (Å²) in [5, 5.41) is 6.65. The third-order valence-corrected chi connectivity index (χ3v) is 7.04. The van der Waals surface area contributed by atoms with E-state index in [2.05, 4.69) is 17.4 Å². The van der Waals surface area contributed by atoms with Gasteiger partial charge in [-0.15, -0.1) is 0 Å². The average molecular weight is 442 g/mol. The second-order valence-electron chi connectivity index (χ2n) is 7.12. The zero-order valence-corrected chi connectivity index (χ0v) is 17.9. The van der Waals surface area contributed by atoms with Crippen molar-refractivity contribution in [1.29, 1.82) is 0 Å². The van der Waals surface area contributed by atoms with Gasteiger partial charge in [0.25, 0.3) is 5.91 Å². The third kappa shape index (κ3) is 4.68. The van der Waals surface area contributed by atoms with Crippen LogP contribution in [0.4, 0.5) is 5.88 Å². The fraction of sp³-hybridized carbons (Fsp3) is 0.273. The number of sulfonamides is 1. The molecule has 1 aliphatic rings. The topological polar surface area (TPSA) is 102 Å². The zero-order chi connectivity index (χ0) is 21.8. The molecule has 2 aromatic carbocycles. The monoisotopic (exact) mass is 441 g/mol. The second kappa shape index (κ2) is 9.01. The number of amides is 1. The molecule has 9 heteroatoms. The molecule has 0 spiro atoms. The molecule has 0 saturated carbocycles. The van der Waals surface area contributed by atoms with Gasteiger partial charge in [0.05, 0.1) is 18.1 Å². The molecule has 1 amide bonds. The van der Waals surface area contributed by atoms with E-state index in [1.807, 2.05) is 24.3 Å². The van der Waals surface area contributed by atoms with E-state index in [1.165, 1.54) is 34.1 Å². The first-order valence-corrected chi connectivity index (χ1v) is 11.5. The molecule has 1 N–H and O–H groups in total. The Morgan fingerprint density at radius 3 is 2.39 bits per heavy atom. The number of hydrogen-bond acceptors (Lipinski definition) is 6. The summed E-state index contributed by atoms with van der Waals surface area (Å²) in [4.78, 5) is 12.7. The highest BCUT2D eigenvalue weighted by molar-refractivity contribution is 7.89. The van der Waals surface area contributed by atoms with Gasteiger partial charge in [0.2, 0.25) is 15.9 Å². The largest absolute Gasteiger partial charge is 0.379 e. The predicted molar refractivity (Wildman–Crippen MR) is 115 cm³/mol. The molecule has 4 rings (SSSR count). The van der Waals surface area contributed by atoms with E-state index in [0.29, 0.717) is 37.6 Å². The number of carbonyl (C=O) groups excluding carboxylic acids is 1. The number of anilines is 1. The van der Waals surface area contributed by atoms with E-state index in [4.69, 9.17) is 9.26 Å². The van der Waals surface area contributed by atoms with Gasteiger partial charge in [-0.2, -0.15) is 4.31 Å². The van der Waals surface area contributed by atoms with Crippen LogP contribution in [0.3, 0.4) is 0 Å². The molecule has 8 nitrogen and oxygen atoms in total. The Bertz CT molecular complexity index is 1150. The van der Waals surface area contributed by atoms with Crippen LogP contribution in [0.5, 0.6) is 0 Å². The van der Waals surface area contributed by atoms with Crippen LogP contribution in [0.2, 0.25) is 0 Å². The molecule has 1 aromatic heterocycles. The molecular formula is C22H23N3O5S. The van der Waals surface area contributed by atoms with Gasteiger partial charge in [0, 0.05) is 30.3 Å². The molecule has 1 aliphatic heterocycles. The Hall–Kier alpha value is -3.01. The fourth-order valence-electron chi connectivity index (χ4n) is 3.28. The minimum Gasteiger partial charge on any atom is -0.379 e. The summed E-state index contributed by atoms with van der Waals surface area (Å²) in [6, 6.07) is 15.4.